The van der Waals surface area contributed by atoms with Crippen LogP contribution in [0.5, 0.6) is 0 Å². The van der Waals surface area contributed by atoms with E-state index in [-0.39, 0.29) is 6.04 Å². The lowest BCUT2D eigenvalue weighted by Crippen LogP contribution is -2.15. The summed E-state index contributed by atoms with van der Waals surface area (Å²) < 4.78 is 0. The van der Waals surface area contributed by atoms with Gasteiger partial charge >= 0.3 is 0 Å². The average molecular weight is 208 g/mol. The Morgan fingerprint density at radius 2 is 2.29 bits per heavy atom. The number of terminal acetylenes is 1. The molecule has 0 saturated heterocycles. The molecule has 0 aliphatic rings. The summed E-state index contributed by atoms with van der Waals surface area (Å²) in [6.07, 6.45) is 5.96. The van der Waals surface area contributed by atoms with Gasteiger partial charge in [-0.1, -0.05) is 23.7 Å². The molecule has 1 nitrogen and oxygen atoms in total. The minimum absolute atomic E-state index is 0.193. The molecular formula is C12H14ClN. The van der Waals surface area contributed by atoms with E-state index in [9.17, 15) is 0 Å². The Morgan fingerprint density at radius 3 is 2.79 bits per heavy atom. The van der Waals surface area contributed by atoms with E-state index >= 15 is 0 Å². The Morgan fingerprint density at radius 1 is 1.57 bits per heavy atom. The molecule has 0 fully saturated rings. The molecule has 0 saturated carbocycles. The van der Waals surface area contributed by atoms with Crippen molar-refractivity contribution >= 4 is 11.6 Å². The number of benzene rings is 1. The van der Waals surface area contributed by atoms with Crippen LogP contribution in [0.4, 0.5) is 0 Å². The summed E-state index contributed by atoms with van der Waals surface area (Å²) in [5.74, 6) is 2.65. The van der Waals surface area contributed by atoms with Crippen molar-refractivity contribution in [2.75, 3.05) is 7.05 Å². The Kier molecular flexibility index (Phi) is 4.00. The molecule has 0 amide bonds. The van der Waals surface area contributed by atoms with Gasteiger partial charge in [-0.15, -0.1) is 12.3 Å². The van der Waals surface area contributed by atoms with Crippen LogP contribution in [0.3, 0.4) is 0 Å². The van der Waals surface area contributed by atoms with Crippen LogP contribution in [0.1, 0.15) is 23.6 Å². The molecule has 74 valence electrons. The number of aryl methyl sites for hydroxylation is 1. The van der Waals surface area contributed by atoms with Gasteiger partial charge in [0.25, 0.3) is 0 Å². The van der Waals surface area contributed by atoms with Crippen molar-refractivity contribution in [3.63, 3.8) is 0 Å². The smallest absolute Gasteiger partial charge is 0.0438 e. The molecule has 0 spiro atoms. The summed E-state index contributed by atoms with van der Waals surface area (Å²) in [5.41, 5.74) is 2.23. The Bertz CT molecular complexity index is 352. The molecule has 1 aromatic carbocycles. The lowest BCUT2D eigenvalue weighted by molar-refractivity contribution is 0.611. The van der Waals surface area contributed by atoms with Crippen molar-refractivity contribution in [3.8, 4) is 12.3 Å². The molecular weight excluding hydrogens is 194 g/mol. The third kappa shape index (κ3) is 2.51. The SMILES string of the molecule is C#CCC(NC)c1ccc(C)c(Cl)c1. The molecule has 0 radical (unpaired) electrons. The van der Waals surface area contributed by atoms with Gasteiger partial charge in [-0.3, -0.25) is 0 Å². The maximum Gasteiger partial charge on any atom is 0.0438 e. The van der Waals surface area contributed by atoms with E-state index < -0.39 is 0 Å². The quantitative estimate of drug-likeness (QED) is 0.752. The van der Waals surface area contributed by atoms with E-state index in [2.05, 4.69) is 17.3 Å². The molecule has 14 heavy (non-hydrogen) atoms. The summed E-state index contributed by atoms with van der Waals surface area (Å²) in [6.45, 7) is 1.99. The minimum Gasteiger partial charge on any atom is -0.312 e. The lowest BCUT2D eigenvalue weighted by atomic mass is 10.0. The first-order chi connectivity index (χ1) is 6.69. The van der Waals surface area contributed by atoms with E-state index in [0.717, 1.165) is 16.1 Å². The molecule has 0 aliphatic carbocycles. The van der Waals surface area contributed by atoms with E-state index in [1.807, 2.05) is 26.1 Å². The van der Waals surface area contributed by atoms with Gasteiger partial charge in [0.2, 0.25) is 0 Å². The standard InChI is InChI=1S/C12H14ClN/c1-4-5-12(14-3)10-7-6-9(2)11(13)8-10/h1,6-8,12,14H,5H2,2-3H3. The summed E-state index contributed by atoms with van der Waals surface area (Å²) in [7, 11) is 1.90. The number of rotatable bonds is 3. The van der Waals surface area contributed by atoms with Crippen LogP contribution in [0.25, 0.3) is 0 Å². The molecule has 1 N–H and O–H groups in total. The molecule has 1 aromatic rings. The second-order valence-electron chi connectivity index (χ2n) is 3.26. The molecule has 0 aromatic heterocycles. The number of nitrogens with one attached hydrogen (secondary N) is 1. The largest absolute Gasteiger partial charge is 0.312 e. The number of hydrogen-bond acceptors (Lipinski definition) is 1. The highest BCUT2D eigenvalue weighted by Crippen LogP contribution is 2.22. The maximum absolute atomic E-state index is 6.04. The fourth-order valence-electron chi connectivity index (χ4n) is 1.33. The van der Waals surface area contributed by atoms with Crippen LogP contribution >= 0.6 is 11.6 Å². The normalized spacial score (nSPS) is 12.1. The second kappa shape index (κ2) is 5.05. The van der Waals surface area contributed by atoms with E-state index in [0.29, 0.717) is 6.42 Å². The number of hydrogen-bond donors (Lipinski definition) is 1. The Balaban J connectivity index is 2.95. The fraction of sp³-hybridized carbons (Fsp3) is 0.333. The molecule has 1 atom stereocenters. The van der Waals surface area contributed by atoms with Gasteiger partial charge in [-0.2, -0.15) is 0 Å². The maximum atomic E-state index is 6.04. The van der Waals surface area contributed by atoms with E-state index in [1.54, 1.807) is 0 Å². The van der Waals surface area contributed by atoms with Crippen molar-refractivity contribution in [2.45, 2.75) is 19.4 Å². The highest BCUT2D eigenvalue weighted by Gasteiger charge is 2.08. The van der Waals surface area contributed by atoms with Gasteiger partial charge in [0.15, 0.2) is 0 Å². The summed E-state index contributed by atoms with van der Waals surface area (Å²) in [4.78, 5) is 0. The van der Waals surface area contributed by atoms with Gasteiger partial charge in [-0.05, 0) is 31.2 Å². The zero-order valence-electron chi connectivity index (χ0n) is 8.47. The van der Waals surface area contributed by atoms with Gasteiger partial charge in [-0.25, -0.2) is 0 Å². The van der Waals surface area contributed by atoms with Crippen molar-refractivity contribution in [1.29, 1.82) is 0 Å². The van der Waals surface area contributed by atoms with Crippen LogP contribution in [-0.4, -0.2) is 7.05 Å². The van der Waals surface area contributed by atoms with Gasteiger partial charge in [0.05, 0.1) is 0 Å². The van der Waals surface area contributed by atoms with Gasteiger partial charge in [0.1, 0.15) is 0 Å². The first-order valence-corrected chi connectivity index (χ1v) is 4.93. The van der Waals surface area contributed by atoms with Crippen LogP contribution in [0.2, 0.25) is 5.02 Å². The molecule has 0 heterocycles. The van der Waals surface area contributed by atoms with E-state index in [1.165, 1.54) is 0 Å². The van der Waals surface area contributed by atoms with Crippen LogP contribution in [-0.2, 0) is 0 Å². The Hall–Kier alpha value is -0.970. The second-order valence-corrected chi connectivity index (χ2v) is 3.67. The first-order valence-electron chi connectivity index (χ1n) is 4.55. The zero-order valence-corrected chi connectivity index (χ0v) is 9.23. The lowest BCUT2D eigenvalue weighted by Gasteiger charge is -2.14. The molecule has 0 bridgehead atoms. The summed E-state index contributed by atoms with van der Waals surface area (Å²) >= 11 is 6.04. The third-order valence-electron chi connectivity index (χ3n) is 2.27. The highest BCUT2D eigenvalue weighted by molar-refractivity contribution is 6.31. The molecule has 0 aliphatic heterocycles. The predicted octanol–water partition coefficient (Wildman–Crippen LogP) is 2.93. The van der Waals surface area contributed by atoms with Crippen LogP contribution in [0.15, 0.2) is 18.2 Å². The third-order valence-corrected chi connectivity index (χ3v) is 2.68. The topological polar surface area (TPSA) is 12.0 Å². The molecule has 1 unspecified atom stereocenters. The molecule has 2 heteroatoms. The fourth-order valence-corrected chi connectivity index (χ4v) is 1.52. The minimum atomic E-state index is 0.193. The monoisotopic (exact) mass is 207 g/mol. The summed E-state index contributed by atoms with van der Waals surface area (Å²) in [6, 6.07) is 6.23. The van der Waals surface area contributed by atoms with Crippen molar-refractivity contribution in [1.82, 2.24) is 5.32 Å². The summed E-state index contributed by atoms with van der Waals surface area (Å²) in [5, 5.41) is 3.96. The van der Waals surface area contributed by atoms with Gasteiger partial charge in [0, 0.05) is 17.5 Å². The van der Waals surface area contributed by atoms with Crippen LogP contribution in [0, 0.1) is 19.3 Å². The number of halogens is 1. The van der Waals surface area contributed by atoms with Crippen molar-refractivity contribution in [2.24, 2.45) is 0 Å². The van der Waals surface area contributed by atoms with E-state index in [4.69, 9.17) is 18.0 Å². The first kappa shape index (κ1) is 11.1. The zero-order chi connectivity index (χ0) is 10.6. The molecule has 1 rings (SSSR count). The van der Waals surface area contributed by atoms with Crippen molar-refractivity contribution in [3.05, 3.63) is 34.3 Å². The van der Waals surface area contributed by atoms with Crippen LogP contribution < -0.4 is 5.32 Å². The van der Waals surface area contributed by atoms with Crippen molar-refractivity contribution < 1.29 is 0 Å². The Labute approximate surface area is 90.5 Å². The van der Waals surface area contributed by atoms with Gasteiger partial charge < -0.3 is 5.32 Å². The predicted molar refractivity (Wildman–Crippen MR) is 61.4 cm³/mol. The highest BCUT2D eigenvalue weighted by atomic mass is 35.5. The average Bonchev–Trinajstić information content (AvgIpc) is 2.19.